The molecular weight excluding hydrogens is 360 g/mol. The second kappa shape index (κ2) is 6.18. The van der Waals surface area contributed by atoms with Gasteiger partial charge >= 0.3 is 0 Å². The third-order valence-corrected chi connectivity index (χ3v) is 7.00. The van der Waals surface area contributed by atoms with Gasteiger partial charge in [-0.25, -0.2) is 4.98 Å². The van der Waals surface area contributed by atoms with Gasteiger partial charge in [0, 0.05) is 4.88 Å². The van der Waals surface area contributed by atoms with Crippen molar-refractivity contribution in [2.75, 3.05) is 0 Å². The summed E-state index contributed by atoms with van der Waals surface area (Å²) in [6.45, 7) is 2.12. The van der Waals surface area contributed by atoms with Crippen molar-refractivity contribution >= 4 is 33.9 Å². The lowest BCUT2D eigenvalue weighted by atomic mass is 9.90. The number of aldehydes is 1. The minimum absolute atomic E-state index is 0.652. The molecule has 0 aliphatic heterocycles. The Bertz CT molecular complexity index is 1120. The minimum Gasteiger partial charge on any atom is -0.296 e. The molecule has 1 aliphatic rings. The van der Waals surface area contributed by atoms with Crippen molar-refractivity contribution in [3.63, 3.8) is 0 Å². The lowest BCUT2D eigenvalue weighted by Crippen LogP contribution is -2.03. The van der Waals surface area contributed by atoms with Crippen LogP contribution >= 0.6 is 22.7 Å². The van der Waals surface area contributed by atoms with E-state index < -0.39 is 0 Å². The fourth-order valence-electron chi connectivity index (χ4n) is 3.96. The Hall–Kier alpha value is -2.24. The number of thiazole rings is 1. The summed E-state index contributed by atoms with van der Waals surface area (Å²) in [6.07, 6.45) is 5.83. The number of nitrogens with zero attached hydrogens (tertiary/aromatic N) is 2. The van der Waals surface area contributed by atoms with Crippen molar-refractivity contribution in [1.29, 1.82) is 0 Å². The lowest BCUT2D eigenvalue weighted by molar-refractivity contribution is 0.111. The van der Waals surface area contributed by atoms with E-state index in [4.69, 9.17) is 4.98 Å². The van der Waals surface area contributed by atoms with Gasteiger partial charge in [-0.05, 0) is 66.8 Å². The van der Waals surface area contributed by atoms with Crippen molar-refractivity contribution in [3.05, 3.63) is 57.4 Å². The zero-order valence-electron chi connectivity index (χ0n) is 14.5. The molecule has 1 aliphatic carbocycles. The molecule has 0 fully saturated rings. The molecule has 0 atom stereocenters. The molecule has 3 aromatic heterocycles. The van der Waals surface area contributed by atoms with Crippen LogP contribution in [0, 0.1) is 6.92 Å². The van der Waals surface area contributed by atoms with E-state index in [1.165, 1.54) is 40.8 Å². The maximum absolute atomic E-state index is 12.0. The molecule has 5 rings (SSSR count). The Morgan fingerprint density at radius 2 is 2.00 bits per heavy atom. The average Bonchev–Trinajstić information content (AvgIpc) is 3.36. The summed E-state index contributed by atoms with van der Waals surface area (Å²) in [6, 6.07) is 10.8. The number of aromatic nitrogens is 2. The van der Waals surface area contributed by atoms with Crippen LogP contribution in [0.25, 0.3) is 26.8 Å². The highest BCUT2D eigenvalue weighted by molar-refractivity contribution is 7.17. The van der Waals surface area contributed by atoms with Gasteiger partial charge in [-0.1, -0.05) is 18.2 Å². The van der Waals surface area contributed by atoms with Gasteiger partial charge < -0.3 is 0 Å². The van der Waals surface area contributed by atoms with Crippen molar-refractivity contribution in [2.45, 2.75) is 32.6 Å². The monoisotopic (exact) mass is 378 g/mol. The summed E-state index contributed by atoms with van der Waals surface area (Å²) >= 11 is 3.27. The number of benzene rings is 1. The SMILES string of the molecule is Cc1sc2nc(-c3cccs3)c(C=O)n2c1-c1ccc2c(c1)CCCC2. The van der Waals surface area contributed by atoms with E-state index in [1.54, 1.807) is 22.7 Å². The average molecular weight is 379 g/mol. The summed E-state index contributed by atoms with van der Waals surface area (Å²) in [5, 5.41) is 2.02. The fourth-order valence-corrected chi connectivity index (χ4v) is 5.68. The number of carbonyl (C=O) groups excluding carboxylic acids is 1. The molecule has 0 N–H and O–H groups in total. The molecule has 0 saturated carbocycles. The molecule has 3 heterocycles. The van der Waals surface area contributed by atoms with Crippen LogP contribution in [0.3, 0.4) is 0 Å². The van der Waals surface area contributed by atoms with E-state index in [0.717, 1.165) is 33.9 Å². The van der Waals surface area contributed by atoms with Gasteiger partial charge in [-0.3, -0.25) is 9.20 Å². The number of thiophene rings is 1. The largest absolute Gasteiger partial charge is 0.296 e. The molecule has 4 aromatic rings. The first-order valence-electron chi connectivity index (χ1n) is 8.89. The van der Waals surface area contributed by atoms with Crippen molar-refractivity contribution < 1.29 is 4.79 Å². The summed E-state index contributed by atoms with van der Waals surface area (Å²) in [5.74, 6) is 0. The molecule has 0 saturated heterocycles. The predicted molar refractivity (Wildman–Crippen MR) is 109 cm³/mol. The van der Waals surface area contributed by atoms with Gasteiger partial charge in [0.25, 0.3) is 0 Å². The first-order chi connectivity index (χ1) is 12.8. The summed E-state index contributed by atoms with van der Waals surface area (Å²) in [4.78, 5) is 19.9. The van der Waals surface area contributed by atoms with Gasteiger partial charge in [0.05, 0.1) is 10.6 Å². The Labute approximate surface area is 160 Å². The molecular formula is C21H18N2OS2. The molecule has 0 unspecified atom stereocenters. The van der Waals surface area contributed by atoms with E-state index in [1.807, 2.05) is 21.9 Å². The molecule has 130 valence electrons. The van der Waals surface area contributed by atoms with Crippen LogP contribution in [0.5, 0.6) is 0 Å². The summed E-state index contributed by atoms with van der Waals surface area (Å²) < 4.78 is 2.05. The number of carbonyl (C=O) groups is 1. The van der Waals surface area contributed by atoms with Crippen LogP contribution in [0.4, 0.5) is 0 Å². The number of rotatable bonds is 3. The fraction of sp³-hybridized carbons (Fsp3) is 0.238. The van der Waals surface area contributed by atoms with Crippen LogP contribution in [0.1, 0.15) is 39.3 Å². The minimum atomic E-state index is 0.652. The quantitative estimate of drug-likeness (QED) is 0.423. The number of hydrogen-bond acceptors (Lipinski definition) is 4. The Kier molecular flexibility index (Phi) is 3.80. The van der Waals surface area contributed by atoms with Gasteiger partial charge in [0.1, 0.15) is 11.4 Å². The topological polar surface area (TPSA) is 34.4 Å². The number of hydrogen-bond donors (Lipinski definition) is 0. The molecule has 5 heteroatoms. The van der Waals surface area contributed by atoms with E-state index in [0.29, 0.717) is 5.69 Å². The van der Waals surface area contributed by atoms with Gasteiger partial charge in [-0.2, -0.15) is 0 Å². The third-order valence-electron chi connectivity index (χ3n) is 5.17. The first kappa shape index (κ1) is 16.0. The summed E-state index contributed by atoms with van der Waals surface area (Å²) in [7, 11) is 0. The van der Waals surface area contributed by atoms with Crippen molar-refractivity contribution in [1.82, 2.24) is 9.38 Å². The van der Waals surface area contributed by atoms with Gasteiger partial charge in [-0.15, -0.1) is 22.7 Å². The van der Waals surface area contributed by atoms with E-state index in [-0.39, 0.29) is 0 Å². The van der Waals surface area contributed by atoms with E-state index in [9.17, 15) is 4.79 Å². The smallest absolute Gasteiger partial charge is 0.195 e. The first-order valence-corrected chi connectivity index (χ1v) is 10.6. The predicted octanol–water partition coefficient (Wildman–Crippen LogP) is 5.79. The van der Waals surface area contributed by atoms with Gasteiger partial charge in [0.2, 0.25) is 0 Å². The normalized spacial score (nSPS) is 13.9. The lowest BCUT2D eigenvalue weighted by Gasteiger charge is -2.16. The van der Waals surface area contributed by atoms with Crippen LogP contribution in [-0.2, 0) is 12.8 Å². The standard InChI is InChI=1S/C21H18N2OS2/c1-13-20(16-9-8-14-5-2-3-6-15(14)11-16)23-17(12-24)19(22-21(23)26-13)18-7-4-10-25-18/h4,7-12H,2-3,5-6H2,1H3. The number of aryl methyl sites for hydroxylation is 3. The van der Waals surface area contributed by atoms with Crippen LogP contribution < -0.4 is 0 Å². The van der Waals surface area contributed by atoms with Crippen molar-refractivity contribution in [3.8, 4) is 21.8 Å². The third kappa shape index (κ3) is 2.38. The number of fused-ring (bicyclic) bond motifs is 2. The number of imidazole rings is 1. The Morgan fingerprint density at radius 1 is 1.15 bits per heavy atom. The van der Waals surface area contributed by atoms with Crippen LogP contribution in [-0.4, -0.2) is 15.7 Å². The highest BCUT2D eigenvalue weighted by Gasteiger charge is 2.22. The maximum atomic E-state index is 12.0. The molecule has 0 bridgehead atoms. The van der Waals surface area contributed by atoms with Crippen LogP contribution in [0.15, 0.2) is 35.7 Å². The Morgan fingerprint density at radius 3 is 2.77 bits per heavy atom. The molecule has 1 aromatic carbocycles. The second-order valence-electron chi connectivity index (χ2n) is 6.76. The van der Waals surface area contributed by atoms with E-state index in [2.05, 4.69) is 25.1 Å². The van der Waals surface area contributed by atoms with E-state index >= 15 is 0 Å². The maximum Gasteiger partial charge on any atom is 0.195 e. The zero-order chi connectivity index (χ0) is 17.7. The molecule has 0 radical (unpaired) electrons. The molecule has 3 nitrogen and oxygen atoms in total. The van der Waals surface area contributed by atoms with Crippen molar-refractivity contribution in [2.24, 2.45) is 0 Å². The Balaban J connectivity index is 1.75. The molecule has 0 spiro atoms. The second-order valence-corrected chi connectivity index (χ2v) is 8.89. The van der Waals surface area contributed by atoms with Gasteiger partial charge in [0.15, 0.2) is 11.2 Å². The zero-order valence-corrected chi connectivity index (χ0v) is 16.1. The molecule has 0 amide bonds. The molecule has 26 heavy (non-hydrogen) atoms. The van der Waals surface area contributed by atoms with Crippen LogP contribution in [0.2, 0.25) is 0 Å². The highest BCUT2D eigenvalue weighted by Crippen LogP contribution is 2.37. The summed E-state index contributed by atoms with van der Waals surface area (Å²) in [5.41, 5.74) is 6.67. The highest BCUT2D eigenvalue weighted by atomic mass is 32.1.